The second kappa shape index (κ2) is 6.52. The van der Waals surface area contributed by atoms with Crippen molar-refractivity contribution < 1.29 is 14.3 Å². The van der Waals surface area contributed by atoms with Gasteiger partial charge >= 0.3 is 5.97 Å². The maximum atomic E-state index is 12.1. The molecule has 4 nitrogen and oxygen atoms in total. The topological polar surface area (TPSA) is 55.4 Å². The summed E-state index contributed by atoms with van der Waals surface area (Å²) in [6.07, 6.45) is 0. The van der Waals surface area contributed by atoms with Crippen LogP contribution >= 0.6 is 0 Å². The number of rotatable bonds is 4. The highest BCUT2D eigenvalue weighted by Crippen LogP contribution is 2.17. The lowest BCUT2D eigenvalue weighted by atomic mass is 10.1. The molecule has 0 bridgehead atoms. The minimum Gasteiger partial charge on any atom is -0.462 e. The van der Waals surface area contributed by atoms with Crippen molar-refractivity contribution in [3.63, 3.8) is 0 Å². The quantitative estimate of drug-likeness (QED) is 0.868. The molecule has 2 rings (SSSR count). The summed E-state index contributed by atoms with van der Waals surface area (Å²) in [6.45, 7) is 2.03. The summed E-state index contributed by atoms with van der Waals surface area (Å²) in [7, 11) is 0. The fraction of sp³-hybridized carbons (Fsp3) is 0.125. The molecule has 0 aliphatic carbocycles. The molecule has 0 saturated carbocycles. The number of nitrogens with one attached hydrogen (secondary N) is 1. The fourth-order valence-corrected chi connectivity index (χ4v) is 1.76. The Morgan fingerprint density at radius 2 is 1.65 bits per heavy atom. The second-order valence-corrected chi connectivity index (χ2v) is 4.09. The highest BCUT2D eigenvalue weighted by Gasteiger charge is 2.14. The average Bonchev–Trinajstić information content (AvgIpc) is 2.49. The predicted octanol–water partition coefficient (Wildman–Crippen LogP) is 3.12. The van der Waals surface area contributed by atoms with Crippen molar-refractivity contribution in [1.29, 1.82) is 0 Å². The van der Waals surface area contributed by atoms with Gasteiger partial charge in [0.25, 0.3) is 5.91 Å². The van der Waals surface area contributed by atoms with Gasteiger partial charge in [-0.15, -0.1) is 0 Å². The first kappa shape index (κ1) is 13.8. The summed E-state index contributed by atoms with van der Waals surface area (Å²) in [4.78, 5) is 23.9. The number of benzene rings is 2. The van der Waals surface area contributed by atoms with E-state index >= 15 is 0 Å². The fourth-order valence-electron chi connectivity index (χ4n) is 1.76. The largest absolute Gasteiger partial charge is 0.462 e. The third kappa shape index (κ3) is 3.23. The zero-order chi connectivity index (χ0) is 14.4. The van der Waals surface area contributed by atoms with Gasteiger partial charge in [0.1, 0.15) is 0 Å². The van der Waals surface area contributed by atoms with E-state index < -0.39 is 5.97 Å². The minimum atomic E-state index is -0.448. The summed E-state index contributed by atoms with van der Waals surface area (Å²) in [5, 5.41) is 2.73. The van der Waals surface area contributed by atoms with Crippen LogP contribution in [0.4, 0.5) is 5.69 Å². The molecule has 0 saturated heterocycles. The van der Waals surface area contributed by atoms with Gasteiger partial charge in [0, 0.05) is 5.56 Å². The van der Waals surface area contributed by atoms with E-state index in [1.807, 2.05) is 6.07 Å². The Hall–Kier alpha value is -2.62. The van der Waals surface area contributed by atoms with Crippen LogP contribution in [0.1, 0.15) is 27.6 Å². The average molecular weight is 269 g/mol. The van der Waals surface area contributed by atoms with E-state index in [4.69, 9.17) is 4.74 Å². The number of esters is 1. The Kier molecular flexibility index (Phi) is 4.50. The van der Waals surface area contributed by atoms with Crippen molar-refractivity contribution in [2.24, 2.45) is 0 Å². The molecule has 0 aromatic heterocycles. The highest BCUT2D eigenvalue weighted by atomic mass is 16.5. The molecule has 20 heavy (non-hydrogen) atoms. The van der Waals surface area contributed by atoms with E-state index in [0.717, 1.165) is 0 Å². The molecule has 1 amide bonds. The van der Waals surface area contributed by atoms with Gasteiger partial charge in [-0.25, -0.2) is 4.79 Å². The zero-order valence-corrected chi connectivity index (χ0v) is 11.1. The van der Waals surface area contributed by atoms with Gasteiger partial charge in [0.05, 0.1) is 17.9 Å². The first-order chi connectivity index (χ1) is 9.72. The Labute approximate surface area is 117 Å². The molecule has 2 aromatic carbocycles. The van der Waals surface area contributed by atoms with Crippen LogP contribution in [0.3, 0.4) is 0 Å². The number of hydrogen-bond acceptors (Lipinski definition) is 3. The Morgan fingerprint density at radius 3 is 2.35 bits per heavy atom. The van der Waals surface area contributed by atoms with Gasteiger partial charge < -0.3 is 10.1 Å². The van der Waals surface area contributed by atoms with E-state index in [1.165, 1.54) is 0 Å². The lowest BCUT2D eigenvalue weighted by molar-refractivity contribution is 0.0527. The normalized spacial score (nSPS) is 9.85. The van der Waals surface area contributed by atoms with Gasteiger partial charge in [-0.3, -0.25) is 4.79 Å². The van der Waals surface area contributed by atoms with Crippen LogP contribution in [0.15, 0.2) is 54.6 Å². The van der Waals surface area contributed by atoms with Crippen molar-refractivity contribution in [3.05, 3.63) is 65.7 Å². The van der Waals surface area contributed by atoms with Crippen LogP contribution in [0.2, 0.25) is 0 Å². The second-order valence-electron chi connectivity index (χ2n) is 4.09. The van der Waals surface area contributed by atoms with Crippen LogP contribution in [0.5, 0.6) is 0 Å². The van der Waals surface area contributed by atoms with Crippen molar-refractivity contribution >= 4 is 17.6 Å². The molecule has 1 N–H and O–H groups in total. The van der Waals surface area contributed by atoms with E-state index in [2.05, 4.69) is 5.32 Å². The first-order valence-electron chi connectivity index (χ1n) is 6.35. The highest BCUT2D eigenvalue weighted by molar-refractivity contribution is 6.07. The molecule has 0 aliphatic rings. The molecule has 0 fully saturated rings. The van der Waals surface area contributed by atoms with Crippen LogP contribution in [-0.4, -0.2) is 18.5 Å². The SMILES string of the molecule is CCOC(=O)c1ccccc1NC(=O)c1ccccc1. The lowest BCUT2D eigenvalue weighted by Gasteiger charge is -2.10. The number of anilines is 1. The molecule has 2 aromatic rings. The summed E-state index contributed by atoms with van der Waals surface area (Å²) in [5.74, 6) is -0.709. The van der Waals surface area contributed by atoms with Gasteiger partial charge in [-0.05, 0) is 31.2 Å². The van der Waals surface area contributed by atoms with Crippen molar-refractivity contribution in [2.75, 3.05) is 11.9 Å². The number of hydrogen-bond donors (Lipinski definition) is 1. The summed E-state index contributed by atoms with van der Waals surface area (Å²) in [6, 6.07) is 15.6. The number of para-hydroxylation sites is 1. The van der Waals surface area contributed by atoms with Gasteiger partial charge in [0.2, 0.25) is 0 Å². The van der Waals surface area contributed by atoms with Gasteiger partial charge in [0.15, 0.2) is 0 Å². The monoisotopic (exact) mass is 269 g/mol. The number of carbonyl (C=O) groups is 2. The molecule has 0 radical (unpaired) electrons. The molecular weight excluding hydrogens is 254 g/mol. The van der Waals surface area contributed by atoms with Crippen molar-refractivity contribution in [1.82, 2.24) is 0 Å². The maximum absolute atomic E-state index is 12.1. The molecule has 0 unspecified atom stereocenters. The molecule has 102 valence electrons. The zero-order valence-electron chi connectivity index (χ0n) is 11.1. The molecule has 0 heterocycles. The van der Waals surface area contributed by atoms with E-state index in [9.17, 15) is 9.59 Å². The number of ether oxygens (including phenoxy) is 1. The molecule has 0 spiro atoms. The standard InChI is InChI=1S/C16H15NO3/c1-2-20-16(19)13-10-6-7-11-14(13)17-15(18)12-8-4-3-5-9-12/h3-11H,2H2,1H3,(H,17,18). The Balaban J connectivity index is 2.21. The van der Waals surface area contributed by atoms with Crippen LogP contribution in [0.25, 0.3) is 0 Å². The van der Waals surface area contributed by atoms with Crippen molar-refractivity contribution in [3.8, 4) is 0 Å². The van der Waals surface area contributed by atoms with Crippen LogP contribution < -0.4 is 5.32 Å². The lowest BCUT2D eigenvalue weighted by Crippen LogP contribution is -2.15. The number of carbonyl (C=O) groups excluding carboxylic acids is 2. The molecule has 0 aliphatic heterocycles. The number of amides is 1. The van der Waals surface area contributed by atoms with E-state index in [0.29, 0.717) is 23.4 Å². The smallest absolute Gasteiger partial charge is 0.340 e. The molecule has 4 heteroatoms. The van der Waals surface area contributed by atoms with E-state index in [-0.39, 0.29) is 5.91 Å². The van der Waals surface area contributed by atoms with Crippen molar-refractivity contribution in [2.45, 2.75) is 6.92 Å². The Morgan fingerprint density at radius 1 is 1.00 bits per heavy atom. The van der Waals surface area contributed by atoms with Crippen LogP contribution in [0, 0.1) is 0 Å². The first-order valence-corrected chi connectivity index (χ1v) is 6.35. The molecular formula is C16H15NO3. The van der Waals surface area contributed by atoms with Gasteiger partial charge in [-0.1, -0.05) is 30.3 Å². The predicted molar refractivity (Wildman–Crippen MR) is 76.8 cm³/mol. The Bertz CT molecular complexity index is 608. The summed E-state index contributed by atoms with van der Waals surface area (Å²) >= 11 is 0. The van der Waals surface area contributed by atoms with Crippen LogP contribution in [-0.2, 0) is 4.74 Å². The minimum absolute atomic E-state index is 0.262. The summed E-state index contributed by atoms with van der Waals surface area (Å²) < 4.78 is 4.97. The van der Waals surface area contributed by atoms with E-state index in [1.54, 1.807) is 55.5 Å². The summed E-state index contributed by atoms with van der Waals surface area (Å²) in [5.41, 5.74) is 1.32. The third-order valence-electron chi connectivity index (χ3n) is 2.71. The third-order valence-corrected chi connectivity index (χ3v) is 2.71. The van der Waals surface area contributed by atoms with Gasteiger partial charge in [-0.2, -0.15) is 0 Å². The maximum Gasteiger partial charge on any atom is 0.340 e. The molecule has 0 atom stereocenters.